The van der Waals surface area contributed by atoms with E-state index in [2.05, 4.69) is 15.0 Å². The van der Waals surface area contributed by atoms with Crippen LogP contribution in [0.1, 0.15) is 21.6 Å². The van der Waals surface area contributed by atoms with E-state index >= 15 is 0 Å². The van der Waals surface area contributed by atoms with Gasteiger partial charge in [-0.15, -0.1) is 22.7 Å². The van der Waals surface area contributed by atoms with Crippen LogP contribution in [0.3, 0.4) is 0 Å². The van der Waals surface area contributed by atoms with Gasteiger partial charge in [-0.25, -0.2) is 13.4 Å². The van der Waals surface area contributed by atoms with Crippen molar-refractivity contribution in [3.63, 3.8) is 0 Å². The number of hydrogen-bond donors (Lipinski definition) is 2. The van der Waals surface area contributed by atoms with Crippen LogP contribution in [0.15, 0.2) is 51.4 Å². The van der Waals surface area contributed by atoms with Crippen molar-refractivity contribution in [2.24, 2.45) is 0 Å². The van der Waals surface area contributed by atoms with E-state index < -0.39 is 10.0 Å². The average Bonchev–Trinajstić information content (AvgIpc) is 3.25. The standard InChI is InChI=1S/C16H15N3O3S3/c1-11-4-6-12(7-5-11)9-17-15(20)13-10-24-16(18-13)19-25(21,22)14-3-2-8-23-14/h2-8,10H,9H2,1H3,(H,17,20)(H,18,19). The first kappa shape index (κ1) is 17.6. The molecule has 9 heteroatoms. The van der Waals surface area contributed by atoms with E-state index in [0.29, 0.717) is 6.54 Å². The predicted molar refractivity (Wildman–Crippen MR) is 99.6 cm³/mol. The van der Waals surface area contributed by atoms with E-state index in [-0.39, 0.29) is 20.9 Å². The summed E-state index contributed by atoms with van der Waals surface area (Å²) in [5.74, 6) is -0.349. The zero-order valence-electron chi connectivity index (χ0n) is 13.2. The molecule has 0 atom stereocenters. The molecular weight excluding hydrogens is 378 g/mol. The van der Waals surface area contributed by atoms with E-state index in [0.717, 1.165) is 33.8 Å². The van der Waals surface area contributed by atoms with E-state index in [4.69, 9.17) is 0 Å². The van der Waals surface area contributed by atoms with Gasteiger partial charge in [-0.2, -0.15) is 0 Å². The second kappa shape index (κ2) is 7.34. The number of hydrogen-bond acceptors (Lipinski definition) is 6. The van der Waals surface area contributed by atoms with Crippen LogP contribution in [-0.2, 0) is 16.6 Å². The lowest BCUT2D eigenvalue weighted by Crippen LogP contribution is -2.23. The van der Waals surface area contributed by atoms with Gasteiger partial charge in [0.15, 0.2) is 5.13 Å². The molecule has 2 N–H and O–H groups in total. The summed E-state index contributed by atoms with van der Waals surface area (Å²) in [5, 5.41) is 6.13. The normalized spacial score (nSPS) is 11.2. The van der Waals surface area contributed by atoms with Crippen LogP contribution in [0.5, 0.6) is 0 Å². The van der Waals surface area contributed by atoms with Crippen LogP contribution in [-0.4, -0.2) is 19.3 Å². The summed E-state index contributed by atoms with van der Waals surface area (Å²) in [6, 6.07) is 11.0. The molecule has 0 saturated carbocycles. The Morgan fingerprint density at radius 1 is 1.16 bits per heavy atom. The highest BCUT2D eigenvalue weighted by Crippen LogP contribution is 2.22. The SMILES string of the molecule is Cc1ccc(CNC(=O)c2csc(NS(=O)(=O)c3cccs3)n2)cc1. The number of sulfonamides is 1. The molecule has 6 nitrogen and oxygen atoms in total. The van der Waals surface area contributed by atoms with Gasteiger partial charge >= 0.3 is 0 Å². The topological polar surface area (TPSA) is 88.2 Å². The summed E-state index contributed by atoms with van der Waals surface area (Å²) in [6.07, 6.45) is 0. The summed E-state index contributed by atoms with van der Waals surface area (Å²) >= 11 is 2.18. The third-order valence-electron chi connectivity index (χ3n) is 3.29. The number of rotatable bonds is 6. The lowest BCUT2D eigenvalue weighted by Gasteiger charge is -2.04. The number of amides is 1. The van der Waals surface area contributed by atoms with E-state index in [1.807, 2.05) is 31.2 Å². The molecule has 1 aromatic carbocycles. The van der Waals surface area contributed by atoms with E-state index in [1.54, 1.807) is 11.4 Å². The maximum Gasteiger partial charge on any atom is 0.273 e. The van der Waals surface area contributed by atoms with Crippen molar-refractivity contribution in [3.05, 3.63) is 64.0 Å². The fourth-order valence-corrected chi connectivity index (χ4v) is 4.92. The fourth-order valence-electron chi connectivity index (χ4n) is 1.99. The monoisotopic (exact) mass is 393 g/mol. The quantitative estimate of drug-likeness (QED) is 0.673. The summed E-state index contributed by atoms with van der Waals surface area (Å²) in [7, 11) is -3.66. The molecule has 0 unspecified atom stereocenters. The molecule has 0 bridgehead atoms. The zero-order chi connectivity index (χ0) is 17.9. The second-order valence-corrected chi connectivity index (χ2v) is 8.96. The van der Waals surface area contributed by atoms with Gasteiger partial charge < -0.3 is 5.32 Å². The summed E-state index contributed by atoms with van der Waals surface area (Å²) in [5.41, 5.74) is 2.31. The van der Waals surface area contributed by atoms with Crippen LogP contribution in [0, 0.1) is 6.92 Å². The Labute approximate surface area is 153 Å². The van der Waals surface area contributed by atoms with Gasteiger partial charge in [-0.1, -0.05) is 35.9 Å². The predicted octanol–water partition coefficient (Wildman–Crippen LogP) is 3.24. The molecule has 3 rings (SSSR count). The van der Waals surface area contributed by atoms with Gasteiger partial charge in [0, 0.05) is 11.9 Å². The van der Waals surface area contributed by atoms with Gasteiger partial charge in [0.2, 0.25) is 0 Å². The Kier molecular flexibility index (Phi) is 5.16. The largest absolute Gasteiger partial charge is 0.347 e. The summed E-state index contributed by atoms with van der Waals surface area (Å²) in [6.45, 7) is 2.38. The molecule has 0 radical (unpaired) electrons. The average molecular weight is 394 g/mol. The molecule has 0 saturated heterocycles. The molecule has 3 aromatic rings. The van der Waals surface area contributed by atoms with Crippen molar-refractivity contribution in [1.82, 2.24) is 10.3 Å². The van der Waals surface area contributed by atoms with Crippen LogP contribution in [0.2, 0.25) is 0 Å². The van der Waals surface area contributed by atoms with Crippen molar-refractivity contribution in [3.8, 4) is 0 Å². The smallest absolute Gasteiger partial charge is 0.273 e. The van der Waals surface area contributed by atoms with Crippen molar-refractivity contribution < 1.29 is 13.2 Å². The number of thiazole rings is 1. The minimum Gasteiger partial charge on any atom is -0.347 e. The van der Waals surface area contributed by atoms with Gasteiger partial charge in [0.25, 0.3) is 15.9 Å². The molecule has 25 heavy (non-hydrogen) atoms. The van der Waals surface area contributed by atoms with Gasteiger partial charge in [0.05, 0.1) is 0 Å². The number of aryl methyl sites for hydroxylation is 1. The molecule has 1 amide bonds. The third-order valence-corrected chi connectivity index (χ3v) is 6.92. The van der Waals surface area contributed by atoms with Gasteiger partial charge in [0.1, 0.15) is 9.90 Å². The van der Waals surface area contributed by atoms with Crippen LogP contribution >= 0.6 is 22.7 Å². The highest BCUT2D eigenvalue weighted by Gasteiger charge is 2.18. The number of aromatic nitrogens is 1. The molecule has 2 heterocycles. The molecular formula is C16H15N3O3S3. The summed E-state index contributed by atoms with van der Waals surface area (Å²) in [4.78, 5) is 16.2. The molecule has 0 fully saturated rings. The Morgan fingerprint density at radius 3 is 2.60 bits per heavy atom. The number of thiophene rings is 1. The highest BCUT2D eigenvalue weighted by molar-refractivity contribution is 7.94. The molecule has 0 spiro atoms. The number of anilines is 1. The Morgan fingerprint density at radius 2 is 1.92 bits per heavy atom. The number of carbonyl (C=O) groups excluding carboxylic acids is 1. The van der Waals surface area contributed by atoms with E-state index in [9.17, 15) is 13.2 Å². The molecule has 0 aliphatic rings. The molecule has 130 valence electrons. The molecule has 0 aliphatic heterocycles. The van der Waals surface area contributed by atoms with Crippen LogP contribution < -0.4 is 10.0 Å². The Bertz CT molecular complexity index is 962. The zero-order valence-corrected chi connectivity index (χ0v) is 15.7. The van der Waals surface area contributed by atoms with Crippen molar-refractivity contribution in [1.29, 1.82) is 0 Å². The maximum atomic E-state index is 12.2. The molecule has 0 aliphatic carbocycles. The number of benzene rings is 1. The first-order chi connectivity index (χ1) is 11.9. The van der Waals surface area contributed by atoms with Crippen LogP contribution in [0.4, 0.5) is 5.13 Å². The fraction of sp³-hybridized carbons (Fsp3) is 0.125. The number of carbonyl (C=O) groups is 1. The number of nitrogens with one attached hydrogen (secondary N) is 2. The number of nitrogens with zero attached hydrogens (tertiary/aromatic N) is 1. The van der Waals surface area contributed by atoms with Crippen molar-refractivity contribution in [2.45, 2.75) is 17.7 Å². The summed E-state index contributed by atoms with van der Waals surface area (Å²) < 4.78 is 26.9. The lowest BCUT2D eigenvalue weighted by atomic mass is 10.1. The first-order valence-electron chi connectivity index (χ1n) is 7.30. The minimum absolute atomic E-state index is 0.161. The molecule has 2 aromatic heterocycles. The lowest BCUT2D eigenvalue weighted by molar-refractivity contribution is 0.0946. The minimum atomic E-state index is -3.66. The third kappa shape index (κ3) is 4.44. The van der Waals surface area contributed by atoms with E-state index in [1.165, 1.54) is 11.4 Å². The van der Waals surface area contributed by atoms with Gasteiger partial charge in [-0.3, -0.25) is 9.52 Å². The highest BCUT2D eigenvalue weighted by atomic mass is 32.2. The van der Waals surface area contributed by atoms with Crippen molar-refractivity contribution >= 4 is 43.7 Å². The Hall–Kier alpha value is -2.23. The Balaban J connectivity index is 1.62. The van der Waals surface area contributed by atoms with Gasteiger partial charge in [-0.05, 0) is 23.9 Å². The first-order valence-corrected chi connectivity index (χ1v) is 10.5. The maximum absolute atomic E-state index is 12.2. The van der Waals surface area contributed by atoms with Crippen molar-refractivity contribution in [2.75, 3.05) is 4.72 Å². The van der Waals surface area contributed by atoms with Crippen LogP contribution in [0.25, 0.3) is 0 Å². The second-order valence-electron chi connectivity index (χ2n) is 5.24.